The van der Waals surface area contributed by atoms with Crippen LogP contribution in [-0.4, -0.2) is 226 Å². The van der Waals surface area contributed by atoms with Gasteiger partial charge in [0.15, 0.2) is 0 Å². The number of rotatable bonds is 44. The Hall–Kier alpha value is -9.40. The number of aliphatic hydroxyl groups is 2. The number of hydrogen-bond donors (Lipinski definition) is 22. The van der Waals surface area contributed by atoms with E-state index in [9.17, 15) is 87.5 Å². The number of thiol groups is 2. The molecule has 0 saturated heterocycles. The molecule has 0 aliphatic carbocycles. The number of aromatic amines is 2. The standard InChI is InChI=1S/C61H94N18O18S2/c1-8-30(4)48(78-57(93)43(21-47(85)86)75-60(96)49(31(5)80)69-33(7)82)59(95)79-50(32(6)81)61(97)77-44(25-98)52(88)66-24-46(84)70-41(18-34-12-14-37(83)15-13-34)55(91)76-45(26-99)58(94)74-42(20-36-23-65-28-68-36)56(92)71-38(11-9-10-16-62)53(89)73-40(17-29(2)3)54(90)72-39(51(63)87)19-35-22-64-27-67-35/h12-15,22-23,27-32,38-45,48-50,80-81,83,98-99H,8-11,16-21,24-26,62H2,1-7H3,(H2,63,87)(H,64,67)(H,65,68)(H,66,88)(H,69,82)(H,70,84)(H,71,92)(H,72,90)(H,73,89)(H,74,94)(H,75,96)(H,76,91)(H,77,97)(H,78,93)(H,79,95)(H,85,86)/t30-,31+,32+,38-,39-,40-,41-,42-,43-,44-,45-,48-,49-,50-/m0/s1. The number of phenolic OH excluding ortho intramolecular Hbond substituents is 1. The zero-order chi connectivity index (χ0) is 74.2. The van der Waals surface area contributed by atoms with Gasteiger partial charge in [-0.15, -0.1) is 0 Å². The summed E-state index contributed by atoms with van der Waals surface area (Å²) in [6, 6.07) is -11.2. The van der Waals surface area contributed by atoms with Gasteiger partial charge in [-0.25, -0.2) is 9.97 Å². The van der Waals surface area contributed by atoms with Crippen LogP contribution in [0.3, 0.4) is 0 Å². The quantitative estimate of drug-likeness (QED) is 0.0185. The maximum Gasteiger partial charge on any atom is 0.305 e. The summed E-state index contributed by atoms with van der Waals surface area (Å²) in [5.41, 5.74) is 12.6. The van der Waals surface area contributed by atoms with Gasteiger partial charge >= 0.3 is 5.97 Å². The number of nitrogens with one attached hydrogen (secondary N) is 14. The SMILES string of the molecule is CC[C@H](C)[C@H](NC(=O)[C@H](CC(=O)O)NC(=O)[C@@H](NC(C)=O)[C@@H](C)O)C(=O)N[C@H](C(=O)N[C@@H](CS)C(=O)NCC(=O)N[C@@H](Cc1ccc(O)cc1)C(=O)N[C@@H](CS)C(=O)N[C@@H](Cc1cnc[nH]1)C(=O)N[C@@H](CCCCN)C(=O)N[C@@H](CC(C)C)C(=O)N[C@@H](Cc1cnc[nH]1)C(N)=O)[C@@H](C)O. The van der Waals surface area contributed by atoms with Gasteiger partial charge in [0.1, 0.15) is 72.2 Å². The highest BCUT2D eigenvalue weighted by atomic mass is 32.1. The van der Waals surface area contributed by atoms with Crippen molar-refractivity contribution in [2.45, 2.75) is 185 Å². The molecule has 38 heteroatoms. The molecule has 2 heterocycles. The van der Waals surface area contributed by atoms with Gasteiger partial charge < -0.3 is 106 Å². The predicted octanol–water partition coefficient (Wildman–Crippen LogP) is -5.86. The van der Waals surface area contributed by atoms with Crippen molar-refractivity contribution in [2.24, 2.45) is 23.3 Å². The number of carbonyl (C=O) groups excluding carboxylic acids is 13. The molecule has 0 spiro atoms. The van der Waals surface area contributed by atoms with Crippen molar-refractivity contribution in [3.8, 4) is 5.75 Å². The van der Waals surface area contributed by atoms with Crippen molar-refractivity contribution in [3.05, 3.63) is 66.3 Å². The van der Waals surface area contributed by atoms with E-state index in [4.69, 9.17) is 11.5 Å². The Balaban J connectivity index is 1.81. The molecular weight excluding hydrogens is 1340 g/mol. The highest BCUT2D eigenvalue weighted by molar-refractivity contribution is 7.80. The Morgan fingerprint density at radius 1 is 0.525 bits per heavy atom. The fourth-order valence-electron chi connectivity index (χ4n) is 9.63. The first-order valence-corrected chi connectivity index (χ1v) is 33.1. The molecule has 3 rings (SSSR count). The molecule has 36 nitrogen and oxygen atoms in total. The molecule has 0 fully saturated rings. The van der Waals surface area contributed by atoms with Crippen LogP contribution in [0.25, 0.3) is 0 Å². The number of phenols is 1. The van der Waals surface area contributed by atoms with Crippen LogP contribution in [0, 0.1) is 11.8 Å². The molecule has 0 radical (unpaired) electrons. The lowest BCUT2D eigenvalue weighted by Gasteiger charge is -2.30. The number of hydrogen-bond acceptors (Lipinski definition) is 22. The van der Waals surface area contributed by atoms with Crippen LogP contribution < -0.4 is 75.3 Å². The number of aromatic hydroxyl groups is 1. The van der Waals surface area contributed by atoms with E-state index >= 15 is 0 Å². The Kier molecular flexibility index (Phi) is 35.9. The second kappa shape index (κ2) is 42.4. The molecule has 0 saturated carbocycles. The van der Waals surface area contributed by atoms with E-state index in [2.05, 4.69) is 109 Å². The van der Waals surface area contributed by atoms with Gasteiger partial charge in [-0.1, -0.05) is 46.2 Å². The second-order valence-electron chi connectivity index (χ2n) is 24.0. The minimum Gasteiger partial charge on any atom is -0.508 e. The molecule has 3 aromatic rings. The number of benzene rings is 1. The number of unbranched alkanes of at least 4 members (excludes halogenated alkanes) is 1. The lowest BCUT2D eigenvalue weighted by molar-refractivity contribution is -0.142. The fraction of sp³-hybridized carbons (Fsp3) is 0.574. The first-order valence-electron chi connectivity index (χ1n) is 31.8. The second-order valence-corrected chi connectivity index (χ2v) is 24.7. The number of amides is 13. The van der Waals surface area contributed by atoms with Gasteiger partial charge in [0.2, 0.25) is 76.8 Å². The molecule has 0 aliphatic heterocycles. The number of imidazole rings is 2. The summed E-state index contributed by atoms with van der Waals surface area (Å²) in [4.78, 5) is 202. The van der Waals surface area contributed by atoms with Crippen LogP contribution in [-0.2, 0) is 86.4 Å². The van der Waals surface area contributed by atoms with E-state index in [1.54, 1.807) is 20.8 Å². The van der Waals surface area contributed by atoms with Gasteiger partial charge in [-0.05, 0) is 75.6 Å². The summed E-state index contributed by atoms with van der Waals surface area (Å²) in [5.74, 6) is -16.0. The Morgan fingerprint density at radius 2 is 0.960 bits per heavy atom. The molecular formula is C61H94N18O18S2. The molecule has 1 aromatic carbocycles. The molecule has 13 amide bonds. The topological polar surface area (TPSA) is 574 Å². The molecule has 0 bridgehead atoms. The number of carbonyl (C=O) groups is 14. The number of nitrogens with zero attached hydrogens (tertiary/aromatic N) is 2. The van der Waals surface area contributed by atoms with E-state index < -0.39 is 192 Å². The van der Waals surface area contributed by atoms with Gasteiger partial charge in [-0.2, -0.15) is 25.3 Å². The highest BCUT2D eigenvalue weighted by Crippen LogP contribution is 2.15. The number of aromatic nitrogens is 4. The Labute approximate surface area is 581 Å². The third-order valence-electron chi connectivity index (χ3n) is 15.2. The number of carboxylic acids is 1. The number of carboxylic acid groups (broad SMARTS) is 1. The summed E-state index contributed by atoms with van der Waals surface area (Å²) in [5, 5.41) is 69.6. The first-order chi connectivity index (χ1) is 46.7. The average molecular weight is 1430 g/mol. The number of aliphatic carboxylic acids is 1. The van der Waals surface area contributed by atoms with E-state index in [1.807, 2.05) is 0 Å². The monoisotopic (exact) mass is 1430 g/mol. The van der Waals surface area contributed by atoms with Crippen LogP contribution in [0.1, 0.15) is 104 Å². The summed E-state index contributed by atoms with van der Waals surface area (Å²) < 4.78 is 0. The molecule has 99 heavy (non-hydrogen) atoms. The first kappa shape index (κ1) is 83.8. The molecule has 14 atom stereocenters. The lowest BCUT2D eigenvalue weighted by atomic mass is 9.96. The van der Waals surface area contributed by atoms with Crippen molar-refractivity contribution in [2.75, 3.05) is 24.6 Å². The van der Waals surface area contributed by atoms with Crippen molar-refractivity contribution >= 4 is 108 Å². The van der Waals surface area contributed by atoms with Crippen molar-refractivity contribution in [1.82, 2.24) is 83.7 Å². The van der Waals surface area contributed by atoms with Crippen molar-refractivity contribution < 1.29 is 87.5 Å². The number of aliphatic hydroxyl groups excluding tert-OH is 2. The molecule has 0 aliphatic rings. The normalized spacial score (nSPS) is 15.4. The number of H-pyrrole nitrogens is 2. The number of primary amides is 1. The van der Waals surface area contributed by atoms with E-state index in [0.29, 0.717) is 29.8 Å². The number of nitrogens with two attached hydrogens (primary N) is 2. The maximum atomic E-state index is 14.4. The van der Waals surface area contributed by atoms with Gasteiger partial charge in [0.05, 0.1) is 37.8 Å². The van der Waals surface area contributed by atoms with Gasteiger partial charge in [-0.3, -0.25) is 67.1 Å². The summed E-state index contributed by atoms with van der Waals surface area (Å²) >= 11 is 8.47. The third kappa shape index (κ3) is 29.3. The van der Waals surface area contributed by atoms with Crippen LogP contribution in [0.4, 0.5) is 0 Å². The zero-order valence-electron chi connectivity index (χ0n) is 55.9. The third-order valence-corrected chi connectivity index (χ3v) is 16.0. The predicted molar refractivity (Wildman–Crippen MR) is 361 cm³/mol. The minimum atomic E-state index is -1.86. The highest BCUT2D eigenvalue weighted by Gasteiger charge is 2.39. The van der Waals surface area contributed by atoms with E-state index in [-0.39, 0.29) is 56.7 Å². The summed E-state index contributed by atoms with van der Waals surface area (Å²) in [7, 11) is 0. The largest absolute Gasteiger partial charge is 0.508 e. The molecule has 0 unspecified atom stereocenters. The van der Waals surface area contributed by atoms with Crippen LogP contribution in [0.15, 0.2) is 49.3 Å². The van der Waals surface area contributed by atoms with Gasteiger partial charge in [0, 0.05) is 61.5 Å². The zero-order valence-corrected chi connectivity index (χ0v) is 57.7. The molecule has 22 N–H and O–H groups in total. The van der Waals surface area contributed by atoms with Crippen LogP contribution in [0.2, 0.25) is 0 Å². The Morgan fingerprint density at radius 3 is 1.45 bits per heavy atom. The Bertz CT molecular complexity index is 3200. The lowest BCUT2D eigenvalue weighted by Crippen LogP contribution is -2.62. The smallest absolute Gasteiger partial charge is 0.305 e. The van der Waals surface area contributed by atoms with Crippen LogP contribution in [0.5, 0.6) is 5.75 Å². The van der Waals surface area contributed by atoms with Crippen molar-refractivity contribution in [3.63, 3.8) is 0 Å². The van der Waals surface area contributed by atoms with Gasteiger partial charge in [0.25, 0.3) is 0 Å². The fourth-order valence-corrected chi connectivity index (χ4v) is 10.1. The maximum absolute atomic E-state index is 14.4. The van der Waals surface area contributed by atoms with E-state index in [0.717, 1.165) is 20.8 Å². The average Bonchev–Trinajstić information content (AvgIpc) is 0.944. The summed E-state index contributed by atoms with van der Waals surface area (Å²) in [6.07, 6.45) is 1.86. The minimum absolute atomic E-state index is 0.0165. The van der Waals surface area contributed by atoms with E-state index in [1.165, 1.54) is 56.2 Å². The molecule has 548 valence electrons. The van der Waals surface area contributed by atoms with Crippen molar-refractivity contribution in [1.29, 1.82) is 0 Å². The summed E-state index contributed by atoms with van der Waals surface area (Å²) in [6.45, 7) is 9.44. The van der Waals surface area contributed by atoms with Crippen LogP contribution >= 0.6 is 25.3 Å². The molecule has 2 aromatic heterocycles.